The standard InChI is InChI=1S/C15H17N3O5/c1-22-9-15(14(20)21)4-5-18(8-15)13(19)11-7-10(16-17-11)12-3-2-6-23-12/h2-3,6-7H,4-5,8-9H2,1H3,(H,16,17)(H,20,21). The maximum absolute atomic E-state index is 12.5. The number of carbonyl (C=O) groups is 2. The third-order valence-corrected chi connectivity index (χ3v) is 4.10. The summed E-state index contributed by atoms with van der Waals surface area (Å²) < 4.78 is 10.3. The number of hydrogen-bond acceptors (Lipinski definition) is 5. The quantitative estimate of drug-likeness (QED) is 0.858. The summed E-state index contributed by atoms with van der Waals surface area (Å²) in [5.41, 5.74) is -0.223. The number of carboxylic acid groups (broad SMARTS) is 1. The van der Waals surface area contributed by atoms with Crippen molar-refractivity contribution < 1.29 is 23.8 Å². The number of nitrogens with one attached hydrogen (secondary N) is 1. The van der Waals surface area contributed by atoms with E-state index in [4.69, 9.17) is 9.15 Å². The fourth-order valence-corrected chi connectivity index (χ4v) is 2.83. The molecular weight excluding hydrogens is 302 g/mol. The molecule has 23 heavy (non-hydrogen) atoms. The molecule has 0 radical (unpaired) electrons. The van der Waals surface area contributed by atoms with Crippen LogP contribution in [0.2, 0.25) is 0 Å². The van der Waals surface area contributed by atoms with Gasteiger partial charge in [-0.25, -0.2) is 0 Å². The molecular formula is C15H17N3O5. The van der Waals surface area contributed by atoms with Crippen molar-refractivity contribution in [2.45, 2.75) is 6.42 Å². The Labute approximate surface area is 132 Å². The molecule has 8 heteroatoms. The van der Waals surface area contributed by atoms with E-state index >= 15 is 0 Å². The number of carboxylic acids is 1. The Morgan fingerprint density at radius 1 is 1.57 bits per heavy atom. The van der Waals surface area contributed by atoms with E-state index in [9.17, 15) is 14.7 Å². The lowest BCUT2D eigenvalue weighted by molar-refractivity contribution is -0.151. The van der Waals surface area contributed by atoms with Gasteiger partial charge >= 0.3 is 5.97 Å². The molecule has 2 aromatic rings. The first-order valence-electron chi connectivity index (χ1n) is 7.17. The zero-order valence-corrected chi connectivity index (χ0v) is 12.6. The van der Waals surface area contributed by atoms with Gasteiger partial charge in [-0.05, 0) is 18.6 Å². The highest BCUT2D eigenvalue weighted by Gasteiger charge is 2.46. The molecule has 1 atom stereocenters. The number of aromatic nitrogens is 2. The van der Waals surface area contributed by atoms with E-state index in [2.05, 4.69) is 10.2 Å². The molecule has 0 spiro atoms. The molecule has 0 saturated carbocycles. The fraction of sp³-hybridized carbons (Fsp3) is 0.400. The van der Waals surface area contributed by atoms with E-state index in [1.54, 1.807) is 18.2 Å². The lowest BCUT2D eigenvalue weighted by Crippen LogP contribution is -2.40. The topological polar surface area (TPSA) is 109 Å². The van der Waals surface area contributed by atoms with Gasteiger partial charge in [0.15, 0.2) is 11.5 Å². The molecule has 1 saturated heterocycles. The Balaban J connectivity index is 1.76. The van der Waals surface area contributed by atoms with Crippen molar-refractivity contribution in [3.8, 4) is 11.5 Å². The van der Waals surface area contributed by atoms with Crippen LogP contribution in [0.5, 0.6) is 0 Å². The van der Waals surface area contributed by atoms with Gasteiger partial charge in [-0.2, -0.15) is 5.10 Å². The molecule has 1 aliphatic rings. The number of aliphatic carboxylic acids is 1. The minimum atomic E-state index is -1.05. The summed E-state index contributed by atoms with van der Waals surface area (Å²) in [5.74, 6) is -0.677. The zero-order valence-electron chi connectivity index (χ0n) is 12.6. The molecule has 3 rings (SSSR count). The number of H-pyrrole nitrogens is 1. The number of likely N-dealkylation sites (tertiary alicyclic amines) is 1. The van der Waals surface area contributed by atoms with E-state index in [0.717, 1.165) is 0 Å². The van der Waals surface area contributed by atoms with Crippen LogP contribution in [0.15, 0.2) is 28.9 Å². The van der Waals surface area contributed by atoms with Crippen LogP contribution < -0.4 is 0 Å². The number of hydrogen-bond donors (Lipinski definition) is 2. The summed E-state index contributed by atoms with van der Waals surface area (Å²) in [7, 11) is 1.46. The Hall–Kier alpha value is -2.61. The van der Waals surface area contributed by atoms with Crippen molar-refractivity contribution in [2.24, 2.45) is 5.41 Å². The van der Waals surface area contributed by atoms with Gasteiger partial charge < -0.3 is 19.2 Å². The van der Waals surface area contributed by atoms with Crippen molar-refractivity contribution in [2.75, 3.05) is 26.8 Å². The molecule has 0 aliphatic carbocycles. The van der Waals surface area contributed by atoms with Crippen LogP contribution in [-0.2, 0) is 9.53 Å². The minimum Gasteiger partial charge on any atom is -0.481 e. The van der Waals surface area contributed by atoms with Gasteiger partial charge in [0.1, 0.15) is 11.1 Å². The van der Waals surface area contributed by atoms with Gasteiger partial charge in [-0.15, -0.1) is 0 Å². The predicted molar refractivity (Wildman–Crippen MR) is 78.8 cm³/mol. The molecule has 122 valence electrons. The van der Waals surface area contributed by atoms with Crippen molar-refractivity contribution in [3.63, 3.8) is 0 Å². The Bertz CT molecular complexity index is 709. The number of furan rings is 1. The lowest BCUT2D eigenvalue weighted by Gasteiger charge is -2.23. The van der Waals surface area contributed by atoms with Crippen LogP contribution in [-0.4, -0.2) is 58.9 Å². The number of nitrogens with zero attached hydrogens (tertiary/aromatic N) is 2. The van der Waals surface area contributed by atoms with Crippen LogP contribution in [0.25, 0.3) is 11.5 Å². The number of amides is 1. The van der Waals surface area contributed by atoms with Crippen LogP contribution in [0.1, 0.15) is 16.9 Å². The Morgan fingerprint density at radius 2 is 2.39 bits per heavy atom. The largest absolute Gasteiger partial charge is 0.481 e. The van der Waals surface area contributed by atoms with Gasteiger partial charge in [0, 0.05) is 26.3 Å². The van der Waals surface area contributed by atoms with Crippen LogP contribution >= 0.6 is 0 Å². The molecule has 1 aliphatic heterocycles. The monoisotopic (exact) mass is 319 g/mol. The summed E-state index contributed by atoms with van der Waals surface area (Å²) in [6.07, 6.45) is 1.89. The highest BCUT2D eigenvalue weighted by atomic mass is 16.5. The van der Waals surface area contributed by atoms with Gasteiger partial charge in [-0.1, -0.05) is 0 Å². The summed E-state index contributed by atoms with van der Waals surface area (Å²) in [4.78, 5) is 25.5. The molecule has 2 aromatic heterocycles. The van der Waals surface area contributed by atoms with E-state index < -0.39 is 11.4 Å². The number of aromatic amines is 1. The second-order valence-corrected chi connectivity index (χ2v) is 5.64. The maximum Gasteiger partial charge on any atom is 0.313 e. The van der Waals surface area contributed by atoms with Gasteiger partial charge in [-0.3, -0.25) is 14.7 Å². The van der Waals surface area contributed by atoms with Crippen LogP contribution in [0.3, 0.4) is 0 Å². The second-order valence-electron chi connectivity index (χ2n) is 5.64. The van der Waals surface area contributed by atoms with Crippen molar-refractivity contribution in [1.82, 2.24) is 15.1 Å². The summed E-state index contributed by atoms with van der Waals surface area (Å²) >= 11 is 0. The predicted octanol–water partition coefficient (Wildman–Crippen LogP) is 1.23. The van der Waals surface area contributed by atoms with E-state index in [1.807, 2.05) is 0 Å². The SMILES string of the molecule is COCC1(C(=O)O)CCN(C(=O)c2cc(-c3ccco3)[nH]n2)C1. The van der Waals surface area contributed by atoms with Crippen LogP contribution in [0, 0.1) is 5.41 Å². The lowest BCUT2D eigenvalue weighted by atomic mass is 9.88. The highest BCUT2D eigenvalue weighted by molar-refractivity contribution is 5.94. The molecule has 8 nitrogen and oxygen atoms in total. The smallest absolute Gasteiger partial charge is 0.313 e. The number of carbonyl (C=O) groups excluding carboxylic acids is 1. The zero-order chi connectivity index (χ0) is 16.4. The average Bonchev–Trinajstić information content (AvgIpc) is 3.27. The van der Waals surface area contributed by atoms with E-state index in [1.165, 1.54) is 18.3 Å². The van der Waals surface area contributed by atoms with E-state index in [0.29, 0.717) is 24.4 Å². The number of ether oxygens (including phenoxy) is 1. The van der Waals surface area contributed by atoms with Gasteiger partial charge in [0.2, 0.25) is 0 Å². The summed E-state index contributed by atoms with van der Waals surface area (Å²) in [6.45, 7) is 0.541. The first-order valence-corrected chi connectivity index (χ1v) is 7.17. The summed E-state index contributed by atoms with van der Waals surface area (Å²) in [6, 6.07) is 5.09. The molecule has 3 heterocycles. The van der Waals surface area contributed by atoms with Crippen molar-refractivity contribution in [1.29, 1.82) is 0 Å². The third kappa shape index (κ3) is 2.72. The van der Waals surface area contributed by atoms with E-state index in [-0.39, 0.29) is 24.8 Å². The molecule has 1 fully saturated rings. The van der Waals surface area contributed by atoms with Crippen molar-refractivity contribution in [3.05, 3.63) is 30.2 Å². The first kappa shape index (κ1) is 15.3. The van der Waals surface area contributed by atoms with Gasteiger partial charge in [0.25, 0.3) is 5.91 Å². The Kier molecular flexibility index (Phi) is 3.91. The first-order chi connectivity index (χ1) is 11.1. The Morgan fingerprint density at radius 3 is 3.04 bits per heavy atom. The second kappa shape index (κ2) is 5.88. The van der Waals surface area contributed by atoms with Crippen molar-refractivity contribution >= 4 is 11.9 Å². The molecule has 1 amide bonds. The number of methoxy groups -OCH3 is 1. The summed E-state index contributed by atoms with van der Waals surface area (Å²) in [5, 5.41) is 16.2. The van der Waals surface area contributed by atoms with Gasteiger partial charge in [0.05, 0.1) is 12.9 Å². The maximum atomic E-state index is 12.5. The molecule has 1 unspecified atom stereocenters. The molecule has 0 bridgehead atoms. The fourth-order valence-electron chi connectivity index (χ4n) is 2.83. The third-order valence-electron chi connectivity index (χ3n) is 4.10. The molecule has 0 aromatic carbocycles. The highest BCUT2D eigenvalue weighted by Crippen LogP contribution is 2.32. The van der Waals surface area contributed by atoms with Crippen LogP contribution in [0.4, 0.5) is 0 Å². The minimum absolute atomic E-state index is 0.0737. The normalized spacial score (nSPS) is 20.8. The molecule has 2 N–H and O–H groups in total. The number of rotatable bonds is 5. The average molecular weight is 319 g/mol.